The van der Waals surface area contributed by atoms with Gasteiger partial charge in [-0.1, -0.05) is 0 Å². The van der Waals surface area contributed by atoms with Gasteiger partial charge in [0.15, 0.2) is 0 Å². The average Bonchev–Trinajstić information content (AvgIpc) is 2.76. The summed E-state index contributed by atoms with van der Waals surface area (Å²) in [7, 11) is 0. The molecule has 80 valence electrons. The Morgan fingerprint density at radius 2 is 2.20 bits per heavy atom. The van der Waals surface area contributed by atoms with Gasteiger partial charge in [0.2, 0.25) is 0 Å². The summed E-state index contributed by atoms with van der Waals surface area (Å²) in [6.45, 7) is 6.31. The zero-order valence-electron chi connectivity index (χ0n) is 9.16. The standard InChI is InChI=1S/C11H15N3S/c1-7-5-15-6-11(7)13-8(2)10-4-12-14-9(10)3/h4-6,8,13H,1-3H3,(H,12,14). The Morgan fingerprint density at radius 1 is 1.40 bits per heavy atom. The summed E-state index contributed by atoms with van der Waals surface area (Å²) in [5.74, 6) is 0. The highest BCUT2D eigenvalue weighted by Crippen LogP contribution is 2.25. The van der Waals surface area contributed by atoms with E-state index in [9.17, 15) is 0 Å². The first-order chi connectivity index (χ1) is 7.18. The van der Waals surface area contributed by atoms with Crippen LogP contribution >= 0.6 is 11.3 Å². The molecule has 2 heterocycles. The molecule has 0 bridgehead atoms. The third-order valence-electron chi connectivity index (χ3n) is 2.56. The van der Waals surface area contributed by atoms with Gasteiger partial charge in [0.1, 0.15) is 0 Å². The molecule has 0 saturated carbocycles. The molecule has 0 radical (unpaired) electrons. The van der Waals surface area contributed by atoms with E-state index in [2.05, 4.69) is 40.1 Å². The van der Waals surface area contributed by atoms with Crippen LogP contribution in [0.4, 0.5) is 5.69 Å². The van der Waals surface area contributed by atoms with Crippen molar-refractivity contribution in [1.29, 1.82) is 0 Å². The minimum atomic E-state index is 0.289. The molecule has 0 aliphatic carbocycles. The summed E-state index contributed by atoms with van der Waals surface area (Å²) < 4.78 is 0. The van der Waals surface area contributed by atoms with Crippen molar-refractivity contribution in [2.24, 2.45) is 0 Å². The molecular formula is C11H15N3S. The molecule has 0 spiro atoms. The fraction of sp³-hybridized carbons (Fsp3) is 0.364. The van der Waals surface area contributed by atoms with Gasteiger partial charge in [-0.05, 0) is 31.7 Å². The number of thiophene rings is 1. The summed E-state index contributed by atoms with van der Waals surface area (Å²) in [5, 5.41) is 14.8. The van der Waals surface area contributed by atoms with Crippen LogP contribution in [-0.4, -0.2) is 10.2 Å². The number of hydrogen-bond acceptors (Lipinski definition) is 3. The molecule has 4 heteroatoms. The quantitative estimate of drug-likeness (QED) is 0.835. The van der Waals surface area contributed by atoms with E-state index < -0.39 is 0 Å². The monoisotopic (exact) mass is 221 g/mol. The Morgan fingerprint density at radius 3 is 2.73 bits per heavy atom. The molecule has 3 nitrogen and oxygen atoms in total. The van der Waals surface area contributed by atoms with Crippen LogP contribution in [0.25, 0.3) is 0 Å². The molecule has 1 unspecified atom stereocenters. The largest absolute Gasteiger partial charge is 0.378 e. The predicted molar refractivity (Wildman–Crippen MR) is 64.4 cm³/mol. The number of rotatable bonds is 3. The van der Waals surface area contributed by atoms with Crippen molar-refractivity contribution in [3.63, 3.8) is 0 Å². The number of aromatic nitrogens is 2. The third-order valence-corrected chi connectivity index (χ3v) is 3.42. The number of hydrogen-bond donors (Lipinski definition) is 2. The normalized spacial score (nSPS) is 12.7. The van der Waals surface area contributed by atoms with E-state index in [0.717, 1.165) is 5.69 Å². The summed E-state index contributed by atoms with van der Waals surface area (Å²) in [5.41, 5.74) is 4.87. The Labute approximate surface area is 93.5 Å². The average molecular weight is 221 g/mol. The fourth-order valence-electron chi connectivity index (χ4n) is 1.62. The minimum absolute atomic E-state index is 0.289. The van der Waals surface area contributed by atoms with Crippen molar-refractivity contribution in [1.82, 2.24) is 10.2 Å². The van der Waals surface area contributed by atoms with E-state index in [-0.39, 0.29) is 6.04 Å². The molecule has 0 saturated heterocycles. The predicted octanol–water partition coefficient (Wildman–Crippen LogP) is 3.26. The Balaban J connectivity index is 2.14. The lowest BCUT2D eigenvalue weighted by Crippen LogP contribution is -2.07. The molecule has 2 N–H and O–H groups in total. The van der Waals surface area contributed by atoms with Crippen molar-refractivity contribution >= 4 is 17.0 Å². The maximum absolute atomic E-state index is 4.03. The summed E-state index contributed by atoms with van der Waals surface area (Å²) in [4.78, 5) is 0. The van der Waals surface area contributed by atoms with Gasteiger partial charge in [0, 0.05) is 22.3 Å². The summed E-state index contributed by atoms with van der Waals surface area (Å²) >= 11 is 1.72. The van der Waals surface area contributed by atoms with Gasteiger partial charge >= 0.3 is 0 Å². The van der Waals surface area contributed by atoms with Crippen molar-refractivity contribution < 1.29 is 0 Å². The number of nitrogens with one attached hydrogen (secondary N) is 2. The van der Waals surface area contributed by atoms with Gasteiger partial charge in [-0.2, -0.15) is 5.10 Å². The first-order valence-electron chi connectivity index (χ1n) is 4.97. The fourth-order valence-corrected chi connectivity index (χ4v) is 2.41. The molecule has 0 fully saturated rings. The Kier molecular flexibility index (Phi) is 2.77. The second-order valence-electron chi connectivity index (χ2n) is 3.78. The topological polar surface area (TPSA) is 40.7 Å². The zero-order chi connectivity index (χ0) is 10.8. The van der Waals surface area contributed by atoms with E-state index >= 15 is 0 Å². The molecule has 2 aromatic rings. The van der Waals surface area contributed by atoms with Gasteiger partial charge in [-0.15, -0.1) is 11.3 Å². The van der Waals surface area contributed by atoms with Crippen LogP contribution < -0.4 is 5.32 Å². The molecular weight excluding hydrogens is 206 g/mol. The minimum Gasteiger partial charge on any atom is -0.378 e. The molecule has 1 atom stereocenters. The van der Waals surface area contributed by atoms with Crippen LogP contribution in [0.3, 0.4) is 0 Å². The van der Waals surface area contributed by atoms with Crippen LogP contribution in [0.5, 0.6) is 0 Å². The molecule has 0 aromatic carbocycles. The zero-order valence-corrected chi connectivity index (χ0v) is 9.98. The number of aromatic amines is 1. The van der Waals surface area contributed by atoms with Crippen LogP contribution in [0.15, 0.2) is 17.0 Å². The Bertz CT molecular complexity index is 444. The van der Waals surface area contributed by atoms with E-state index in [1.54, 1.807) is 11.3 Å². The van der Waals surface area contributed by atoms with E-state index in [1.165, 1.54) is 16.8 Å². The Hall–Kier alpha value is -1.29. The molecule has 2 aromatic heterocycles. The number of nitrogens with zero attached hydrogens (tertiary/aromatic N) is 1. The highest BCUT2D eigenvalue weighted by molar-refractivity contribution is 7.08. The van der Waals surface area contributed by atoms with Crippen molar-refractivity contribution in [3.05, 3.63) is 33.8 Å². The lowest BCUT2D eigenvalue weighted by Gasteiger charge is -2.14. The van der Waals surface area contributed by atoms with Gasteiger partial charge < -0.3 is 5.32 Å². The van der Waals surface area contributed by atoms with Gasteiger partial charge in [0.25, 0.3) is 0 Å². The molecule has 0 amide bonds. The third kappa shape index (κ3) is 2.04. The first kappa shape index (κ1) is 10.2. The lowest BCUT2D eigenvalue weighted by molar-refractivity contribution is 0.874. The van der Waals surface area contributed by atoms with Crippen LogP contribution in [0.2, 0.25) is 0 Å². The second kappa shape index (κ2) is 4.06. The van der Waals surface area contributed by atoms with Crippen LogP contribution in [-0.2, 0) is 0 Å². The van der Waals surface area contributed by atoms with Crippen molar-refractivity contribution in [2.75, 3.05) is 5.32 Å². The van der Waals surface area contributed by atoms with Gasteiger partial charge in [-0.25, -0.2) is 0 Å². The molecule has 2 rings (SSSR count). The lowest BCUT2D eigenvalue weighted by atomic mass is 10.1. The van der Waals surface area contributed by atoms with E-state index in [4.69, 9.17) is 0 Å². The van der Waals surface area contributed by atoms with Gasteiger partial charge in [-0.3, -0.25) is 5.10 Å². The summed E-state index contributed by atoms with van der Waals surface area (Å²) in [6.07, 6.45) is 1.88. The van der Waals surface area contributed by atoms with Crippen LogP contribution in [0.1, 0.15) is 29.8 Å². The van der Waals surface area contributed by atoms with Crippen molar-refractivity contribution in [2.45, 2.75) is 26.8 Å². The summed E-state index contributed by atoms with van der Waals surface area (Å²) in [6, 6.07) is 0.289. The number of H-pyrrole nitrogens is 1. The van der Waals surface area contributed by atoms with Crippen LogP contribution in [0, 0.1) is 13.8 Å². The highest BCUT2D eigenvalue weighted by Gasteiger charge is 2.10. The molecule has 15 heavy (non-hydrogen) atoms. The van der Waals surface area contributed by atoms with Gasteiger partial charge in [0.05, 0.1) is 12.2 Å². The number of aryl methyl sites for hydroxylation is 2. The number of anilines is 1. The van der Waals surface area contributed by atoms with E-state index in [0.29, 0.717) is 0 Å². The second-order valence-corrected chi connectivity index (χ2v) is 4.53. The smallest absolute Gasteiger partial charge is 0.0542 e. The SMILES string of the molecule is Cc1cscc1NC(C)c1cn[nH]c1C. The van der Waals surface area contributed by atoms with Crippen molar-refractivity contribution in [3.8, 4) is 0 Å². The van der Waals surface area contributed by atoms with E-state index in [1.807, 2.05) is 13.1 Å². The maximum atomic E-state index is 4.03. The highest BCUT2D eigenvalue weighted by atomic mass is 32.1. The molecule has 0 aliphatic rings. The first-order valence-corrected chi connectivity index (χ1v) is 5.92. The maximum Gasteiger partial charge on any atom is 0.0542 e. The molecule has 0 aliphatic heterocycles.